The van der Waals surface area contributed by atoms with Gasteiger partial charge in [0.1, 0.15) is 0 Å². The quantitative estimate of drug-likeness (QED) is 0.0321. The minimum atomic E-state index is -0.697. The van der Waals surface area contributed by atoms with Gasteiger partial charge in [-0.25, -0.2) is 0 Å². The number of nitrogens with one attached hydrogen (secondary N) is 1. The molecule has 0 aromatic heterocycles. The molecule has 0 rings (SSSR count). The monoisotopic (exact) mass is 902 g/mol. The molecule has 0 heterocycles. The molecule has 0 radical (unpaired) electrons. The second-order valence-corrected chi connectivity index (χ2v) is 19.6. The Bertz CT molecular complexity index is 997. The zero-order valence-corrected chi connectivity index (χ0v) is 43.0. The van der Waals surface area contributed by atoms with Crippen LogP contribution in [0, 0.1) is 0 Å². The van der Waals surface area contributed by atoms with Crippen molar-refractivity contribution in [3.05, 3.63) is 24.3 Å². The fourth-order valence-corrected chi connectivity index (χ4v) is 8.81. The van der Waals surface area contributed by atoms with Crippen LogP contribution in [0.2, 0.25) is 0 Å². The number of unbranched alkanes of at least 4 members (excludes halogenated alkanes) is 38. The lowest BCUT2D eigenvalue weighted by Gasteiger charge is -2.22. The third-order valence-corrected chi connectivity index (χ3v) is 13.2. The molecule has 0 aliphatic carbocycles. The van der Waals surface area contributed by atoms with Gasteiger partial charge in [0.2, 0.25) is 5.91 Å². The van der Waals surface area contributed by atoms with E-state index in [9.17, 15) is 19.8 Å². The highest BCUT2D eigenvalue weighted by molar-refractivity contribution is 5.76. The highest BCUT2D eigenvalue weighted by Crippen LogP contribution is 2.17. The Labute approximate surface area is 399 Å². The molecule has 0 aliphatic rings. The Balaban J connectivity index is 3.51. The van der Waals surface area contributed by atoms with Gasteiger partial charge in [0, 0.05) is 12.8 Å². The van der Waals surface area contributed by atoms with Gasteiger partial charge in [0.25, 0.3) is 0 Å². The number of carbonyl (C=O) groups excluding carboxylic acids is 2. The summed E-state index contributed by atoms with van der Waals surface area (Å²) in [5, 5.41) is 23.3. The van der Waals surface area contributed by atoms with Crippen LogP contribution in [0.25, 0.3) is 0 Å². The van der Waals surface area contributed by atoms with Gasteiger partial charge in [-0.1, -0.05) is 250 Å². The summed E-state index contributed by atoms with van der Waals surface area (Å²) in [5.74, 6) is -0.137. The van der Waals surface area contributed by atoms with E-state index in [4.69, 9.17) is 4.74 Å². The Morgan fingerprint density at radius 1 is 0.422 bits per heavy atom. The van der Waals surface area contributed by atoms with E-state index in [1.54, 1.807) is 0 Å². The Hall–Kier alpha value is -1.66. The van der Waals surface area contributed by atoms with E-state index in [0.29, 0.717) is 25.9 Å². The number of carbonyl (C=O) groups is 2. The van der Waals surface area contributed by atoms with Gasteiger partial charge in [0.05, 0.1) is 25.4 Å². The first-order chi connectivity index (χ1) is 31.5. The van der Waals surface area contributed by atoms with E-state index in [0.717, 1.165) is 70.6 Å². The molecule has 0 fully saturated rings. The number of rotatable bonds is 53. The molecule has 1 amide bonds. The maximum Gasteiger partial charge on any atom is 0.305 e. The lowest BCUT2D eigenvalue weighted by molar-refractivity contribution is -0.143. The van der Waals surface area contributed by atoms with Crippen molar-refractivity contribution in [2.75, 3.05) is 13.2 Å². The predicted octanol–water partition coefficient (Wildman–Crippen LogP) is 17.5. The molecule has 64 heavy (non-hydrogen) atoms. The molecule has 6 heteroatoms. The van der Waals surface area contributed by atoms with Gasteiger partial charge in [-0.15, -0.1) is 0 Å². The van der Waals surface area contributed by atoms with Gasteiger partial charge in [0.15, 0.2) is 0 Å². The number of hydrogen-bond donors (Lipinski definition) is 3. The normalized spacial score (nSPS) is 12.8. The first-order valence-electron chi connectivity index (χ1n) is 28.6. The number of esters is 1. The summed E-state index contributed by atoms with van der Waals surface area (Å²) < 4.78 is 5.44. The molecule has 378 valence electrons. The Morgan fingerprint density at radius 3 is 1.14 bits per heavy atom. The van der Waals surface area contributed by atoms with Crippen molar-refractivity contribution in [2.45, 2.75) is 321 Å². The van der Waals surface area contributed by atoms with E-state index in [2.05, 4.69) is 43.5 Å². The SMILES string of the molecule is CCCCCCC/C=C\CCCCCCCC(=O)OCCCCCC/C=C\CCCC(=O)NC(CO)C(O)CCCCCCCCCCCCCCCCCCCCCCCCCC. The van der Waals surface area contributed by atoms with Gasteiger partial charge >= 0.3 is 5.97 Å². The summed E-state index contributed by atoms with van der Waals surface area (Å²) in [4.78, 5) is 24.5. The second kappa shape index (κ2) is 54.0. The molecule has 0 spiro atoms. The van der Waals surface area contributed by atoms with Crippen LogP contribution in [0.4, 0.5) is 0 Å². The van der Waals surface area contributed by atoms with Crippen molar-refractivity contribution in [2.24, 2.45) is 0 Å². The lowest BCUT2D eigenvalue weighted by Crippen LogP contribution is -2.45. The molecule has 0 aromatic rings. The Kier molecular flexibility index (Phi) is 52.6. The van der Waals surface area contributed by atoms with Crippen LogP contribution in [0.5, 0.6) is 0 Å². The van der Waals surface area contributed by atoms with E-state index >= 15 is 0 Å². The highest BCUT2D eigenvalue weighted by Gasteiger charge is 2.20. The standard InChI is InChI=1S/C58H111NO5/c1-3-5-7-9-11-13-15-17-19-20-21-22-23-24-25-26-27-28-29-31-34-38-42-46-50-56(61)55(54-60)59-57(62)51-47-43-39-35-33-37-41-45-49-53-64-58(63)52-48-44-40-36-32-30-18-16-14-12-10-8-6-4-2/h16,18,35,39,55-56,60-61H,3-15,17,19-34,36-38,40-54H2,1-2H3,(H,59,62)/b18-16-,39-35-. The van der Waals surface area contributed by atoms with Crippen molar-refractivity contribution >= 4 is 11.9 Å². The van der Waals surface area contributed by atoms with Crippen molar-refractivity contribution in [1.29, 1.82) is 0 Å². The van der Waals surface area contributed by atoms with E-state index < -0.39 is 12.1 Å². The molecular formula is C58H111NO5. The van der Waals surface area contributed by atoms with E-state index in [1.807, 2.05) is 0 Å². The third kappa shape index (κ3) is 49.8. The molecule has 0 aliphatic heterocycles. The van der Waals surface area contributed by atoms with Gasteiger partial charge in [-0.05, 0) is 70.6 Å². The van der Waals surface area contributed by atoms with Gasteiger partial charge in [-0.2, -0.15) is 0 Å². The molecule has 3 N–H and O–H groups in total. The van der Waals surface area contributed by atoms with Crippen molar-refractivity contribution in [1.82, 2.24) is 5.32 Å². The average molecular weight is 903 g/mol. The van der Waals surface area contributed by atoms with Crippen LogP contribution in [0.3, 0.4) is 0 Å². The fourth-order valence-electron chi connectivity index (χ4n) is 8.81. The maximum absolute atomic E-state index is 12.5. The van der Waals surface area contributed by atoms with Crippen LogP contribution in [0.1, 0.15) is 309 Å². The third-order valence-electron chi connectivity index (χ3n) is 13.2. The zero-order chi connectivity index (χ0) is 46.5. The summed E-state index contributed by atoms with van der Waals surface area (Å²) in [7, 11) is 0. The van der Waals surface area contributed by atoms with Gasteiger partial charge in [-0.3, -0.25) is 9.59 Å². The highest BCUT2D eigenvalue weighted by atomic mass is 16.5. The molecule has 2 atom stereocenters. The average Bonchev–Trinajstić information content (AvgIpc) is 3.29. The lowest BCUT2D eigenvalue weighted by atomic mass is 10.0. The second-order valence-electron chi connectivity index (χ2n) is 19.6. The largest absolute Gasteiger partial charge is 0.466 e. The molecule has 0 saturated carbocycles. The maximum atomic E-state index is 12.5. The van der Waals surface area contributed by atoms with Crippen LogP contribution in [-0.2, 0) is 14.3 Å². The number of aliphatic hydroxyl groups excluding tert-OH is 2. The Morgan fingerprint density at radius 2 is 0.750 bits per heavy atom. The number of ether oxygens (including phenoxy) is 1. The molecule has 6 nitrogen and oxygen atoms in total. The summed E-state index contributed by atoms with van der Waals surface area (Å²) in [5.41, 5.74) is 0. The van der Waals surface area contributed by atoms with Crippen molar-refractivity contribution < 1.29 is 24.5 Å². The van der Waals surface area contributed by atoms with E-state index in [1.165, 1.54) is 205 Å². The molecule has 0 saturated heterocycles. The van der Waals surface area contributed by atoms with Crippen molar-refractivity contribution in [3.8, 4) is 0 Å². The van der Waals surface area contributed by atoms with Crippen LogP contribution in [0.15, 0.2) is 24.3 Å². The zero-order valence-electron chi connectivity index (χ0n) is 43.0. The minimum absolute atomic E-state index is 0.0433. The number of amides is 1. The first kappa shape index (κ1) is 62.3. The minimum Gasteiger partial charge on any atom is -0.466 e. The summed E-state index contributed by atoms with van der Waals surface area (Å²) in [6, 6.07) is -0.580. The molecule has 0 bridgehead atoms. The summed E-state index contributed by atoms with van der Waals surface area (Å²) in [6.07, 6.45) is 64.6. The topological polar surface area (TPSA) is 95.9 Å². The van der Waals surface area contributed by atoms with Crippen LogP contribution >= 0.6 is 0 Å². The first-order valence-corrected chi connectivity index (χ1v) is 28.6. The number of allylic oxidation sites excluding steroid dienone is 4. The summed E-state index contributed by atoms with van der Waals surface area (Å²) in [6.45, 7) is 4.87. The van der Waals surface area contributed by atoms with Gasteiger partial charge < -0.3 is 20.3 Å². The summed E-state index contributed by atoms with van der Waals surface area (Å²) >= 11 is 0. The molecule has 2 unspecified atom stereocenters. The van der Waals surface area contributed by atoms with Crippen molar-refractivity contribution in [3.63, 3.8) is 0 Å². The fraction of sp³-hybridized carbons (Fsp3) is 0.897. The molecule has 0 aromatic carbocycles. The molecular weight excluding hydrogens is 791 g/mol. The smallest absolute Gasteiger partial charge is 0.305 e. The number of aliphatic hydroxyl groups is 2. The number of hydrogen-bond acceptors (Lipinski definition) is 5. The van der Waals surface area contributed by atoms with Crippen LogP contribution in [-0.4, -0.2) is 47.4 Å². The predicted molar refractivity (Wildman–Crippen MR) is 278 cm³/mol. The van der Waals surface area contributed by atoms with Crippen LogP contribution < -0.4 is 5.32 Å². The van der Waals surface area contributed by atoms with E-state index in [-0.39, 0.29) is 18.5 Å².